The number of morpholine rings is 1. The molecule has 0 spiro atoms. The maximum atomic E-state index is 13.1. The number of amides is 2. The maximum absolute atomic E-state index is 13.1. The summed E-state index contributed by atoms with van der Waals surface area (Å²) in [5.74, 6) is -0.452. The number of anilines is 3. The van der Waals surface area contributed by atoms with Gasteiger partial charge in [0.2, 0.25) is 5.95 Å². The zero-order chi connectivity index (χ0) is 23.9. The average Bonchev–Trinajstić information content (AvgIpc) is 2.86. The van der Waals surface area contributed by atoms with Crippen LogP contribution >= 0.6 is 0 Å². The number of nitrogens with one attached hydrogen (secondary N) is 2. The van der Waals surface area contributed by atoms with Crippen LogP contribution in [0.5, 0.6) is 0 Å². The molecule has 1 aliphatic heterocycles. The Hall–Kier alpha value is -4.04. The molecule has 0 bridgehead atoms. The van der Waals surface area contributed by atoms with Crippen molar-refractivity contribution in [3.8, 4) is 0 Å². The molecule has 1 fully saturated rings. The first kappa shape index (κ1) is 23.1. The minimum atomic E-state index is -0.522. The molecule has 8 nitrogen and oxygen atoms in total. The van der Waals surface area contributed by atoms with Crippen molar-refractivity contribution in [2.24, 2.45) is 0 Å². The van der Waals surface area contributed by atoms with Crippen LogP contribution in [0, 0.1) is 13.8 Å². The fraction of sp³-hybridized carbons (Fsp3) is 0.231. The summed E-state index contributed by atoms with van der Waals surface area (Å²) in [4.78, 5) is 37.1. The molecule has 0 atom stereocenters. The summed E-state index contributed by atoms with van der Waals surface area (Å²) in [6.07, 6.45) is 4.71. The molecular weight excluding hydrogens is 430 g/mol. The zero-order valence-corrected chi connectivity index (χ0v) is 19.2. The van der Waals surface area contributed by atoms with Gasteiger partial charge in [0.05, 0.1) is 13.2 Å². The lowest BCUT2D eigenvalue weighted by Gasteiger charge is -2.26. The number of hydrogen-bond acceptors (Lipinski definition) is 6. The van der Waals surface area contributed by atoms with Crippen LogP contribution in [-0.2, 0) is 14.3 Å². The molecule has 0 aliphatic carbocycles. The monoisotopic (exact) mass is 457 g/mol. The summed E-state index contributed by atoms with van der Waals surface area (Å²) < 4.78 is 5.37. The molecule has 4 rings (SSSR count). The topological polar surface area (TPSA) is 96.5 Å². The van der Waals surface area contributed by atoms with Gasteiger partial charge in [-0.1, -0.05) is 35.4 Å². The molecule has 1 aliphatic rings. The minimum absolute atomic E-state index is 0.0520. The highest BCUT2D eigenvalue weighted by Crippen LogP contribution is 2.17. The number of ether oxygens (including phenoxy) is 1. The molecule has 174 valence electrons. The fourth-order valence-electron chi connectivity index (χ4n) is 3.40. The van der Waals surface area contributed by atoms with Gasteiger partial charge in [0, 0.05) is 42.4 Å². The lowest BCUT2D eigenvalue weighted by atomic mass is 10.1. The summed E-state index contributed by atoms with van der Waals surface area (Å²) in [5.41, 5.74) is 3.84. The van der Waals surface area contributed by atoms with E-state index in [0.29, 0.717) is 36.1 Å². The van der Waals surface area contributed by atoms with Gasteiger partial charge in [0.25, 0.3) is 11.8 Å². The van der Waals surface area contributed by atoms with Gasteiger partial charge in [-0.2, -0.15) is 0 Å². The van der Waals surface area contributed by atoms with Crippen LogP contribution in [0.1, 0.15) is 16.7 Å². The molecule has 1 saturated heterocycles. The Bertz CT molecular complexity index is 1110. The van der Waals surface area contributed by atoms with E-state index in [2.05, 4.69) is 20.6 Å². The highest BCUT2D eigenvalue weighted by atomic mass is 16.5. The van der Waals surface area contributed by atoms with Crippen molar-refractivity contribution >= 4 is 35.2 Å². The van der Waals surface area contributed by atoms with E-state index < -0.39 is 11.8 Å². The van der Waals surface area contributed by atoms with Crippen molar-refractivity contribution in [2.45, 2.75) is 13.8 Å². The normalized spacial score (nSPS) is 13.2. The van der Waals surface area contributed by atoms with Crippen molar-refractivity contribution < 1.29 is 14.3 Å². The third kappa shape index (κ3) is 6.05. The molecule has 8 heteroatoms. The molecule has 2 heterocycles. The third-order valence-electron chi connectivity index (χ3n) is 5.37. The molecule has 2 aromatic carbocycles. The molecule has 0 unspecified atom stereocenters. The quantitative estimate of drug-likeness (QED) is 0.334. The molecular formula is C26H27N5O3. The summed E-state index contributed by atoms with van der Waals surface area (Å²) in [7, 11) is 0. The van der Waals surface area contributed by atoms with Gasteiger partial charge in [-0.25, -0.2) is 9.97 Å². The van der Waals surface area contributed by atoms with E-state index in [0.717, 1.165) is 24.2 Å². The van der Waals surface area contributed by atoms with Gasteiger partial charge >= 0.3 is 0 Å². The number of carbonyl (C=O) groups excluding carboxylic acids is 2. The second-order valence-corrected chi connectivity index (χ2v) is 8.11. The number of carbonyl (C=O) groups is 2. The van der Waals surface area contributed by atoms with Gasteiger partial charge in [-0.05, 0) is 44.2 Å². The second kappa shape index (κ2) is 10.7. The summed E-state index contributed by atoms with van der Waals surface area (Å²) >= 11 is 0. The fourth-order valence-corrected chi connectivity index (χ4v) is 3.40. The molecule has 2 N–H and O–H groups in total. The van der Waals surface area contributed by atoms with Gasteiger partial charge in [0.1, 0.15) is 5.57 Å². The van der Waals surface area contributed by atoms with Crippen LogP contribution in [0.15, 0.2) is 66.5 Å². The number of aryl methyl sites for hydroxylation is 2. The molecule has 0 saturated carbocycles. The van der Waals surface area contributed by atoms with Crippen LogP contribution in [0.2, 0.25) is 0 Å². The molecule has 2 amide bonds. The zero-order valence-electron chi connectivity index (χ0n) is 19.2. The molecule has 0 radical (unpaired) electrons. The number of aromatic nitrogens is 2. The lowest BCUT2D eigenvalue weighted by Crippen LogP contribution is -2.37. The predicted molar refractivity (Wildman–Crippen MR) is 133 cm³/mol. The Morgan fingerprint density at radius 2 is 1.29 bits per heavy atom. The van der Waals surface area contributed by atoms with Crippen molar-refractivity contribution in [3.05, 3.63) is 83.2 Å². The van der Waals surface area contributed by atoms with E-state index >= 15 is 0 Å². The number of benzene rings is 2. The van der Waals surface area contributed by atoms with E-state index in [1.807, 2.05) is 43.0 Å². The summed E-state index contributed by atoms with van der Waals surface area (Å²) in [6, 6.07) is 14.7. The third-order valence-corrected chi connectivity index (χ3v) is 5.37. The molecule has 34 heavy (non-hydrogen) atoms. The standard InChI is InChI=1S/C26H27N5O3/c1-18-3-7-21(8-4-18)29-24(32)23(25(33)30-22-9-5-19(2)6-10-22)15-20-16-27-26(28-17-20)31-11-13-34-14-12-31/h3-10,15-17H,11-14H2,1-2H3,(H,29,32)(H,30,33). The summed E-state index contributed by atoms with van der Waals surface area (Å²) in [5, 5.41) is 5.59. The minimum Gasteiger partial charge on any atom is -0.378 e. The van der Waals surface area contributed by atoms with Crippen molar-refractivity contribution in [1.82, 2.24) is 9.97 Å². The van der Waals surface area contributed by atoms with Gasteiger partial charge in [-0.15, -0.1) is 0 Å². The van der Waals surface area contributed by atoms with E-state index in [1.54, 1.807) is 36.7 Å². The van der Waals surface area contributed by atoms with E-state index in [1.165, 1.54) is 6.08 Å². The first-order chi connectivity index (χ1) is 16.5. The summed E-state index contributed by atoms with van der Waals surface area (Å²) in [6.45, 7) is 6.64. The SMILES string of the molecule is Cc1ccc(NC(=O)C(=Cc2cnc(N3CCOCC3)nc2)C(=O)Nc2ccc(C)cc2)cc1. The first-order valence-corrected chi connectivity index (χ1v) is 11.1. The van der Waals surface area contributed by atoms with Gasteiger partial charge < -0.3 is 20.3 Å². The van der Waals surface area contributed by atoms with Crippen molar-refractivity contribution in [2.75, 3.05) is 41.8 Å². The van der Waals surface area contributed by atoms with Crippen LogP contribution in [0.25, 0.3) is 6.08 Å². The average molecular weight is 458 g/mol. The van der Waals surface area contributed by atoms with Crippen LogP contribution in [-0.4, -0.2) is 48.1 Å². The maximum Gasteiger partial charge on any atom is 0.261 e. The number of rotatable bonds is 6. The van der Waals surface area contributed by atoms with E-state index in [4.69, 9.17) is 4.74 Å². The molecule has 1 aromatic heterocycles. The smallest absolute Gasteiger partial charge is 0.261 e. The Morgan fingerprint density at radius 1 is 0.824 bits per heavy atom. The number of hydrogen-bond donors (Lipinski definition) is 2. The van der Waals surface area contributed by atoms with Crippen LogP contribution in [0.4, 0.5) is 17.3 Å². The highest BCUT2D eigenvalue weighted by molar-refractivity contribution is 6.28. The Labute approximate surface area is 198 Å². The Morgan fingerprint density at radius 3 is 1.76 bits per heavy atom. The van der Waals surface area contributed by atoms with Crippen molar-refractivity contribution in [3.63, 3.8) is 0 Å². The number of nitrogens with zero attached hydrogens (tertiary/aromatic N) is 3. The first-order valence-electron chi connectivity index (χ1n) is 11.1. The predicted octanol–water partition coefficient (Wildman–Crippen LogP) is 3.59. The second-order valence-electron chi connectivity index (χ2n) is 8.11. The van der Waals surface area contributed by atoms with Crippen LogP contribution < -0.4 is 15.5 Å². The Kier molecular flexibility index (Phi) is 7.29. The van der Waals surface area contributed by atoms with E-state index in [9.17, 15) is 9.59 Å². The molecule has 3 aromatic rings. The Balaban J connectivity index is 1.58. The van der Waals surface area contributed by atoms with Crippen molar-refractivity contribution in [1.29, 1.82) is 0 Å². The lowest BCUT2D eigenvalue weighted by molar-refractivity contribution is -0.118. The van der Waals surface area contributed by atoms with Gasteiger partial charge in [0.15, 0.2) is 0 Å². The highest BCUT2D eigenvalue weighted by Gasteiger charge is 2.20. The van der Waals surface area contributed by atoms with E-state index in [-0.39, 0.29) is 5.57 Å². The largest absolute Gasteiger partial charge is 0.378 e. The van der Waals surface area contributed by atoms with Gasteiger partial charge in [-0.3, -0.25) is 9.59 Å². The van der Waals surface area contributed by atoms with Crippen LogP contribution in [0.3, 0.4) is 0 Å².